The number of nitrogens with one attached hydrogen (secondary N) is 1. The molecule has 2 heterocycles. The summed E-state index contributed by atoms with van der Waals surface area (Å²) in [6.45, 7) is 8.78. The van der Waals surface area contributed by atoms with E-state index in [9.17, 15) is 4.79 Å². The fraction of sp³-hybridized carbons (Fsp3) is 0.381. The smallest absolute Gasteiger partial charge is 0.475 e. The predicted molar refractivity (Wildman–Crippen MR) is 109 cm³/mol. The van der Waals surface area contributed by atoms with Crippen LogP contribution in [0, 0.1) is 0 Å². The molecule has 2 N–H and O–H groups in total. The molecule has 1 aliphatic rings. The predicted octanol–water partition coefficient (Wildman–Crippen LogP) is 3.88. The van der Waals surface area contributed by atoms with E-state index in [2.05, 4.69) is 5.32 Å². The highest BCUT2D eigenvalue weighted by molar-refractivity contribution is 6.55. The number of rotatable bonds is 6. The summed E-state index contributed by atoms with van der Waals surface area (Å²) in [5.74, 6) is -0.629. The third-order valence-corrected chi connectivity index (χ3v) is 5.30. The zero-order chi connectivity index (χ0) is 20.5. The van der Waals surface area contributed by atoms with E-state index in [4.69, 9.17) is 18.8 Å². The summed E-state index contributed by atoms with van der Waals surface area (Å²) in [6.07, 6.45) is 2.05. The van der Waals surface area contributed by atoms with Crippen LogP contribution < -0.4 is 5.32 Å². The molecule has 0 saturated carbocycles. The summed E-state index contributed by atoms with van der Waals surface area (Å²) >= 11 is 0. The van der Waals surface area contributed by atoms with Crippen molar-refractivity contribution in [2.45, 2.75) is 38.9 Å². The van der Waals surface area contributed by atoms with Crippen molar-refractivity contribution in [2.75, 3.05) is 13.6 Å². The fourth-order valence-corrected chi connectivity index (χ4v) is 2.97. The van der Waals surface area contributed by atoms with E-state index in [-0.39, 0.29) is 5.76 Å². The Hall–Kier alpha value is -2.35. The van der Waals surface area contributed by atoms with Crippen LogP contribution in [0.1, 0.15) is 43.8 Å². The van der Waals surface area contributed by atoms with Crippen LogP contribution in [0.15, 0.2) is 46.3 Å². The number of carboxylic acid groups (broad SMARTS) is 1. The van der Waals surface area contributed by atoms with Gasteiger partial charge < -0.3 is 24.1 Å². The third-order valence-electron chi connectivity index (χ3n) is 5.30. The first kappa shape index (κ1) is 20.4. The molecule has 1 aromatic carbocycles. The van der Waals surface area contributed by atoms with Crippen molar-refractivity contribution in [3.05, 3.63) is 53.2 Å². The summed E-state index contributed by atoms with van der Waals surface area (Å²) in [7, 11) is 1.47. The number of hydrogen-bond acceptors (Lipinski definition) is 5. The second-order valence-electron chi connectivity index (χ2n) is 7.93. The van der Waals surface area contributed by atoms with Crippen molar-refractivity contribution in [1.82, 2.24) is 5.32 Å². The third kappa shape index (κ3) is 4.06. The van der Waals surface area contributed by atoms with Crippen molar-refractivity contribution < 1.29 is 23.6 Å². The van der Waals surface area contributed by atoms with Crippen molar-refractivity contribution in [3.8, 4) is 11.3 Å². The molecular weight excluding hydrogens is 357 g/mol. The molecule has 6 nitrogen and oxygen atoms in total. The lowest BCUT2D eigenvalue weighted by molar-refractivity contribution is 0.00578. The molecule has 1 aliphatic heterocycles. The molecule has 1 saturated heterocycles. The maximum absolute atomic E-state index is 11.0. The zero-order valence-electron chi connectivity index (χ0n) is 16.9. The van der Waals surface area contributed by atoms with Crippen molar-refractivity contribution in [2.24, 2.45) is 0 Å². The number of furan rings is 1. The minimum atomic E-state index is -1.08. The van der Waals surface area contributed by atoms with Crippen LogP contribution in [0.2, 0.25) is 0 Å². The van der Waals surface area contributed by atoms with Gasteiger partial charge in [-0.3, -0.25) is 0 Å². The summed E-state index contributed by atoms with van der Waals surface area (Å²) in [6, 6.07) is 10.8. The molecule has 0 aliphatic carbocycles. The summed E-state index contributed by atoms with van der Waals surface area (Å²) in [5.41, 5.74) is 2.02. The highest BCUT2D eigenvalue weighted by Crippen LogP contribution is 2.38. The summed E-state index contributed by atoms with van der Waals surface area (Å²) in [4.78, 5) is 11.0. The Morgan fingerprint density at radius 1 is 1.07 bits per heavy atom. The van der Waals surface area contributed by atoms with E-state index >= 15 is 0 Å². The average Bonchev–Trinajstić information content (AvgIpc) is 3.18. The van der Waals surface area contributed by atoms with Gasteiger partial charge in [-0.1, -0.05) is 30.3 Å². The summed E-state index contributed by atoms with van der Waals surface area (Å²) < 4.78 is 17.7. The van der Waals surface area contributed by atoms with Crippen LogP contribution >= 0.6 is 0 Å². The van der Waals surface area contributed by atoms with Gasteiger partial charge in [0.05, 0.1) is 11.2 Å². The van der Waals surface area contributed by atoms with Gasteiger partial charge in [0.2, 0.25) is 5.76 Å². The monoisotopic (exact) mass is 383 g/mol. The number of carboxylic acids is 1. The van der Waals surface area contributed by atoms with Gasteiger partial charge in [0.15, 0.2) is 0 Å². The second kappa shape index (κ2) is 7.58. The molecule has 0 amide bonds. The lowest BCUT2D eigenvalue weighted by Gasteiger charge is -2.32. The van der Waals surface area contributed by atoms with Gasteiger partial charge in [0, 0.05) is 12.1 Å². The van der Waals surface area contributed by atoms with Crippen LogP contribution in [-0.4, -0.2) is 43.0 Å². The fourth-order valence-electron chi connectivity index (χ4n) is 2.97. The lowest BCUT2D eigenvalue weighted by atomic mass is 9.77. The van der Waals surface area contributed by atoms with E-state index < -0.39 is 24.3 Å². The average molecular weight is 383 g/mol. The maximum atomic E-state index is 11.0. The first-order chi connectivity index (χ1) is 13.1. The largest absolute Gasteiger partial charge is 0.491 e. The number of hydrogen-bond donors (Lipinski definition) is 2. The molecule has 1 aromatic heterocycles. The molecule has 7 heteroatoms. The minimum absolute atomic E-state index is 0.0731. The quantitative estimate of drug-likeness (QED) is 0.737. The standard InChI is InChI=1S/C21H26BNO5/c1-20(2)21(3,4)28-22(27-20)16(13-23-5)12-14-6-8-15(9-7-14)17-10-11-18(26-17)19(24)25/h6-12,23H,13H2,1-5H3,(H,24,25). The molecular formula is C21H26BNO5. The van der Waals surface area contributed by atoms with E-state index in [1.165, 1.54) is 6.07 Å². The van der Waals surface area contributed by atoms with Gasteiger partial charge >= 0.3 is 13.1 Å². The van der Waals surface area contributed by atoms with Crippen LogP contribution in [0.3, 0.4) is 0 Å². The molecule has 0 spiro atoms. The molecule has 148 valence electrons. The summed E-state index contributed by atoms with van der Waals surface area (Å²) in [5, 5.41) is 12.2. The molecule has 0 bridgehead atoms. The van der Waals surface area contributed by atoms with Crippen LogP contribution in [0.5, 0.6) is 0 Å². The Morgan fingerprint density at radius 3 is 2.18 bits per heavy atom. The zero-order valence-corrected chi connectivity index (χ0v) is 16.9. The number of carbonyl (C=O) groups is 1. The normalized spacial score (nSPS) is 18.5. The highest BCUT2D eigenvalue weighted by Gasteiger charge is 2.52. The van der Waals surface area contributed by atoms with E-state index in [1.54, 1.807) is 6.07 Å². The SMILES string of the molecule is CNCC(=Cc1ccc(-c2ccc(C(=O)O)o2)cc1)B1OC(C)(C)C(C)(C)O1. The Bertz CT molecular complexity index is 866. The van der Waals surface area contributed by atoms with Crippen molar-refractivity contribution >= 4 is 19.2 Å². The highest BCUT2D eigenvalue weighted by atomic mass is 16.7. The number of likely N-dealkylation sites (N-methyl/N-ethyl adjacent to an activating group) is 1. The first-order valence-electron chi connectivity index (χ1n) is 9.27. The molecule has 0 radical (unpaired) electrons. The maximum Gasteiger partial charge on any atom is 0.491 e. The Morgan fingerprint density at radius 2 is 1.68 bits per heavy atom. The topological polar surface area (TPSA) is 80.9 Å². The lowest BCUT2D eigenvalue weighted by Crippen LogP contribution is -2.41. The minimum Gasteiger partial charge on any atom is -0.475 e. The molecule has 1 fully saturated rings. The molecule has 3 rings (SSSR count). The van der Waals surface area contributed by atoms with Crippen LogP contribution in [-0.2, 0) is 9.31 Å². The molecule has 2 aromatic rings. The van der Waals surface area contributed by atoms with E-state index in [1.807, 2.05) is 65.1 Å². The van der Waals surface area contributed by atoms with E-state index in [0.29, 0.717) is 12.3 Å². The Balaban J connectivity index is 1.82. The van der Waals surface area contributed by atoms with Gasteiger partial charge in [-0.05, 0) is 57.9 Å². The van der Waals surface area contributed by atoms with Gasteiger partial charge in [-0.15, -0.1) is 0 Å². The molecule has 0 unspecified atom stereocenters. The second-order valence-corrected chi connectivity index (χ2v) is 7.93. The van der Waals surface area contributed by atoms with E-state index in [0.717, 1.165) is 16.6 Å². The van der Waals surface area contributed by atoms with Crippen LogP contribution in [0.25, 0.3) is 17.4 Å². The van der Waals surface area contributed by atoms with Gasteiger partial charge in [-0.25, -0.2) is 4.79 Å². The van der Waals surface area contributed by atoms with Gasteiger partial charge in [0.25, 0.3) is 0 Å². The molecule has 0 atom stereocenters. The van der Waals surface area contributed by atoms with Crippen LogP contribution in [0.4, 0.5) is 0 Å². The first-order valence-corrected chi connectivity index (χ1v) is 9.27. The Labute approximate surface area is 165 Å². The van der Waals surface area contributed by atoms with Gasteiger partial charge in [-0.2, -0.15) is 0 Å². The molecule has 28 heavy (non-hydrogen) atoms. The Kier molecular flexibility index (Phi) is 5.52. The van der Waals surface area contributed by atoms with Gasteiger partial charge in [0.1, 0.15) is 5.76 Å². The number of benzene rings is 1. The van der Waals surface area contributed by atoms with Crippen molar-refractivity contribution in [1.29, 1.82) is 0 Å². The van der Waals surface area contributed by atoms with Crippen molar-refractivity contribution in [3.63, 3.8) is 0 Å². The number of aromatic carboxylic acids is 1.